The minimum atomic E-state index is -0.101. The number of carbonyl (C=O) groups excluding carboxylic acids is 1. The molecule has 1 saturated heterocycles. The van der Waals surface area contributed by atoms with Crippen molar-refractivity contribution in [3.63, 3.8) is 0 Å². The summed E-state index contributed by atoms with van der Waals surface area (Å²) in [5.74, 6) is 1.31. The van der Waals surface area contributed by atoms with Crippen LogP contribution in [0.25, 0.3) is 0 Å². The number of esters is 1. The molecular formula is C13H16O4. The first kappa shape index (κ1) is 11.8. The van der Waals surface area contributed by atoms with E-state index in [0.29, 0.717) is 17.9 Å². The van der Waals surface area contributed by atoms with E-state index in [1.165, 1.54) is 0 Å². The van der Waals surface area contributed by atoms with Crippen molar-refractivity contribution in [2.75, 3.05) is 14.2 Å². The molecule has 17 heavy (non-hydrogen) atoms. The van der Waals surface area contributed by atoms with Crippen molar-refractivity contribution in [3.05, 3.63) is 23.8 Å². The first-order valence-corrected chi connectivity index (χ1v) is 5.63. The van der Waals surface area contributed by atoms with Gasteiger partial charge in [0, 0.05) is 12.8 Å². The quantitative estimate of drug-likeness (QED) is 0.749. The summed E-state index contributed by atoms with van der Waals surface area (Å²) in [6, 6.07) is 5.75. The highest BCUT2D eigenvalue weighted by Crippen LogP contribution is 2.29. The van der Waals surface area contributed by atoms with Crippen molar-refractivity contribution in [1.82, 2.24) is 0 Å². The van der Waals surface area contributed by atoms with Crippen LogP contribution in [0.3, 0.4) is 0 Å². The SMILES string of the molecule is COc1ccc(C[C@H]2CCC(=O)O2)cc1OC. The van der Waals surface area contributed by atoms with Crippen LogP contribution in [-0.2, 0) is 16.0 Å². The van der Waals surface area contributed by atoms with Crippen LogP contribution < -0.4 is 9.47 Å². The maximum absolute atomic E-state index is 11.0. The zero-order chi connectivity index (χ0) is 12.3. The van der Waals surface area contributed by atoms with Crippen molar-refractivity contribution in [1.29, 1.82) is 0 Å². The van der Waals surface area contributed by atoms with E-state index in [0.717, 1.165) is 18.4 Å². The van der Waals surface area contributed by atoms with E-state index in [2.05, 4.69) is 0 Å². The summed E-state index contributed by atoms with van der Waals surface area (Å²) < 4.78 is 15.6. The van der Waals surface area contributed by atoms with E-state index >= 15 is 0 Å². The Balaban J connectivity index is 2.08. The molecule has 4 nitrogen and oxygen atoms in total. The standard InChI is InChI=1S/C13H16O4/c1-15-11-5-3-9(8-12(11)16-2)7-10-4-6-13(14)17-10/h3,5,8,10H,4,6-7H2,1-2H3/t10-/m1/s1. The maximum atomic E-state index is 11.0. The Morgan fingerprint density at radius 3 is 2.65 bits per heavy atom. The Kier molecular flexibility index (Phi) is 3.52. The molecule has 1 heterocycles. The smallest absolute Gasteiger partial charge is 0.306 e. The molecule has 0 unspecified atom stereocenters. The molecule has 0 spiro atoms. The second-order valence-corrected chi connectivity index (χ2v) is 4.04. The zero-order valence-corrected chi connectivity index (χ0v) is 10.1. The summed E-state index contributed by atoms with van der Waals surface area (Å²) in [6.07, 6.45) is 2.05. The Hall–Kier alpha value is -1.71. The number of hydrogen-bond acceptors (Lipinski definition) is 4. The summed E-state index contributed by atoms with van der Waals surface area (Å²) >= 11 is 0. The van der Waals surface area contributed by atoms with Gasteiger partial charge in [-0.25, -0.2) is 0 Å². The maximum Gasteiger partial charge on any atom is 0.306 e. The average molecular weight is 236 g/mol. The first-order valence-electron chi connectivity index (χ1n) is 5.63. The molecule has 0 aliphatic carbocycles. The number of cyclic esters (lactones) is 1. The van der Waals surface area contributed by atoms with Crippen LogP contribution in [0.4, 0.5) is 0 Å². The van der Waals surface area contributed by atoms with Gasteiger partial charge < -0.3 is 14.2 Å². The van der Waals surface area contributed by atoms with E-state index in [-0.39, 0.29) is 12.1 Å². The Labute approximate surface area is 100 Å². The molecule has 0 amide bonds. The highest BCUT2D eigenvalue weighted by atomic mass is 16.5. The Bertz CT molecular complexity index is 414. The van der Waals surface area contributed by atoms with Gasteiger partial charge in [0.05, 0.1) is 14.2 Å². The molecule has 0 saturated carbocycles. The number of methoxy groups -OCH3 is 2. The van der Waals surface area contributed by atoms with Crippen LogP contribution >= 0.6 is 0 Å². The molecule has 0 aromatic heterocycles. The molecule has 92 valence electrons. The van der Waals surface area contributed by atoms with Crippen LogP contribution in [-0.4, -0.2) is 26.3 Å². The summed E-state index contributed by atoms with van der Waals surface area (Å²) in [5, 5.41) is 0. The lowest BCUT2D eigenvalue weighted by Crippen LogP contribution is -2.10. The summed E-state index contributed by atoms with van der Waals surface area (Å²) in [6.45, 7) is 0. The summed E-state index contributed by atoms with van der Waals surface area (Å²) in [5.41, 5.74) is 1.09. The molecular weight excluding hydrogens is 220 g/mol. The Morgan fingerprint density at radius 1 is 1.29 bits per heavy atom. The van der Waals surface area contributed by atoms with Gasteiger partial charge in [-0.05, 0) is 24.1 Å². The van der Waals surface area contributed by atoms with Gasteiger partial charge in [-0.15, -0.1) is 0 Å². The lowest BCUT2D eigenvalue weighted by Gasteiger charge is -2.12. The van der Waals surface area contributed by atoms with E-state index < -0.39 is 0 Å². The third-order valence-corrected chi connectivity index (χ3v) is 2.88. The average Bonchev–Trinajstić information content (AvgIpc) is 2.74. The molecule has 0 radical (unpaired) electrons. The normalized spacial score (nSPS) is 18.9. The minimum absolute atomic E-state index is 0.000557. The molecule has 1 fully saturated rings. The predicted molar refractivity (Wildman–Crippen MR) is 62.4 cm³/mol. The number of benzene rings is 1. The van der Waals surface area contributed by atoms with Gasteiger partial charge in [0.1, 0.15) is 6.10 Å². The second-order valence-electron chi connectivity index (χ2n) is 4.04. The minimum Gasteiger partial charge on any atom is -0.493 e. The molecule has 1 atom stereocenters. The fraction of sp³-hybridized carbons (Fsp3) is 0.462. The van der Waals surface area contributed by atoms with Gasteiger partial charge in [-0.1, -0.05) is 6.07 Å². The van der Waals surface area contributed by atoms with E-state index in [4.69, 9.17) is 14.2 Å². The largest absolute Gasteiger partial charge is 0.493 e. The fourth-order valence-electron chi connectivity index (χ4n) is 2.00. The number of hydrogen-bond donors (Lipinski definition) is 0. The van der Waals surface area contributed by atoms with Gasteiger partial charge in [-0.2, -0.15) is 0 Å². The number of ether oxygens (including phenoxy) is 3. The highest BCUT2D eigenvalue weighted by Gasteiger charge is 2.23. The molecule has 1 aromatic carbocycles. The van der Waals surface area contributed by atoms with E-state index in [9.17, 15) is 4.79 Å². The van der Waals surface area contributed by atoms with Crippen LogP contribution in [0.15, 0.2) is 18.2 Å². The monoisotopic (exact) mass is 236 g/mol. The summed E-state index contributed by atoms with van der Waals surface area (Å²) in [4.78, 5) is 11.0. The van der Waals surface area contributed by atoms with Gasteiger partial charge in [0.2, 0.25) is 0 Å². The van der Waals surface area contributed by atoms with E-state index in [1.54, 1.807) is 14.2 Å². The fourth-order valence-corrected chi connectivity index (χ4v) is 2.00. The molecule has 4 heteroatoms. The van der Waals surface area contributed by atoms with Crippen LogP contribution in [0.5, 0.6) is 11.5 Å². The topological polar surface area (TPSA) is 44.8 Å². The predicted octanol–water partition coefficient (Wildman–Crippen LogP) is 1.95. The molecule has 2 rings (SSSR count). The van der Waals surface area contributed by atoms with Crippen molar-refractivity contribution < 1.29 is 19.0 Å². The number of carbonyl (C=O) groups is 1. The number of rotatable bonds is 4. The molecule has 0 N–H and O–H groups in total. The van der Waals surface area contributed by atoms with Crippen molar-refractivity contribution in [2.45, 2.75) is 25.4 Å². The Morgan fingerprint density at radius 2 is 2.06 bits per heavy atom. The molecule has 1 aromatic rings. The van der Waals surface area contributed by atoms with Gasteiger partial charge in [0.15, 0.2) is 11.5 Å². The lowest BCUT2D eigenvalue weighted by atomic mass is 10.1. The van der Waals surface area contributed by atoms with Crippen LogP contribution in [0.2, 0.25) is 0 Å². The van der Waals surface area contributed by atoms with Crippen molar-refractivity contribution in [3.8, 4) is 11.5 Å². The second kappa shape index (κ2) is 5.08. The van der Waals surface area contributed by atoms with Crippen LogP contribution in [0, 0.1) is 0 Å². The van der Waals surface area contributed by atoms with Crippen molar-refractivity contribution >= 4 is 5.97 Å². The zero-order valence-electron chi connectivity index (χ0n) is 10.1. The third kappa shape index (κ3) is 2.70. The highest BCUT2D eigenvalue weighted by molar-refractivity contribution is 5.71. The van der Waals surface area contributed by atoms with E-state index in [1.807, 2.05) is 18.2 Å². The third-order valence-electron chi connectivity index (χ3n) is 2.88. The molecule has 1 aliphatic heterocycles. The first-order chi connectivity index (χ1) is 8.22. The van der Waals surface area contributed by atoms with Crippen molar-refractivity contribution in [2.24, 2.45) is 0 Å². The molecule has 1 aliphatic rings. The van der Waals surface area contributed by atoms with Gasteiger partial charge in [-0.3, -0.25) is 4.79 Å². The molecule has 0 bridgehead atoms. The van der Waals surface area contributed by atoms with Gasteiger partial charge in [0.25, 0.3) is 0 Å². The van der Waals surface area contributed by atoms with Crippen LogP contribution in [0.1, 0.15) is 18.4 Å². The summed E-state index contributed by atoms with van der Waals surface area (Å²) in [7, 11) is 3.22. The lowest BCUT2D eigenvalue weighted by molar-refractivity contribution is -0.141. The van der Waals surface area contributed by atoms with Gasteiger partial charge >= 0.3 is 5.97 Å².